The molecular formula is C13H17N3O3. The Morgan fingerprint density at radius 3 is 3.05 bits per heavy atom. The largest absolute Gasteiger partial charge is 0.454 e. The predicted octanol–water partition coefficient (Wildman–Crippen LogP) is 0.829. The number of urea groups is 1. The number of amides is 2. The number of carbonyl (C=O) groups excluding carboxylic acids is 1. The van der Waals surface area contributed by atoms with Gasteiger partial charge in [0, 0.05) is 19.1 Å². The number of nitrogens with one attached hydrogen (secondary N) is 1. The first-order valence-electron chi connectivity index (χ1n) is 6.36. The summed E-state index contributed by atoms with van der Waals surface area (Å²) in [7, 11) is 0. The van der Waals surface area contributed by atoms with Crippen LogP contribution in [0.4, 0.5) is 4.79 Å². The van der Waals surface area contributed by atoms with E-state index < -0.39 is 0 Å². The molecule has 0 radical (unpaired) electrons. The molecule has 1 aromatic carbocycles. The van der Waals surface area contributed by atoms with Gasteiger partial charge in [-0.25, -0.2) is 4.79 Å². The number of benzene rings is 1. The molecule has 0 bridgehead atoms. The first-order chi connectivity index (χ1) is 9.19. The fraction of sp³-hybridized carbons (Fsp3) is 0.462. The van der Waals surface area contributed by atoms with Crippen molar-refractivity contribution in [2.75, 3.05) is 19.9 Å². The van der Waals surface area contributed by atoms with E-state index in [1.54, 1.807) is 4.90 Å². The van der Waals surface area contributed by atoms with E-state index in [9.17, 15) is 4.79 Å². The number of fused-ring (bicyclic) bond motifs is 1. The maximum absolute atomic E-state index is 11.9. The number of rotatable bonds is 3. The van der Waals surface area contributed by atoms with Crippen LogP contribution in [0.2, 0.25) is 0 Å². The van der Waals surface area contributed by atoms with Gasteiger partial charge in [-0.3, -0.25) is 0 Å². The molecule has 2 atom stereocenters. The first-order valence-corrected chi connectivity index (χ1v) is 6.36. The van der Waals surface area contributed by atoms with Crippen molar-refractivity contribution in [3.8, 4) is 11.5 Å². The zero-order valence-electron chi connectivity index (χ0n) is 10.8. The summed E-state index contributed by atoms with van der Waals surface area (Å²) in [6.45, 7) is 3.28. The molecule has 1 saturated heterocycles. The standard InChI is InChI=1S/C13H17N3O3/c1-8(5-14)16-6-10(15-13(16)17)9-2-3-11-12(4-9)19-7-18-11/h2-4,8,10H,5-7,14H2,1H3,(H,15,17). The van der Waals surface area contributed by atoms with Crippen LogP contribution in [0.25, 0.3) is 0 Å². The Bertz CT molecular complexity index is 506. The minimum Gasteiger partial charge on any atom is -0.454 e. The molecular weight excluding hydrogens is 246 g/mol. The molecule has 3 rings (SSSR count). The minimum atomic E-state index is -0.0689. The van der Waals surface area contributed by atoms with E-state index in [2.05, 4.69) is 5.32 Å². The zero-order chi connectivity index (χ0) is 13.4. The van der Waals surface area contributed by atoms with Gasteiger partial charge in [0.1, 0.15) is 0 Å². The summed E-state index contributed by atoms with van der Waals surface area (Å²) in [6.07, 6.45) is 0. The third-order valence-corrected chi connectivity index (χ3v) is 3.61. The highest BCUT2D eigenvalue weighted by molar-refractivity contribution is 5.77. The SMILES string of the molecule is CC(CN)N1CC(c2ccc3c(c2)OCO3)NC1=O. The molecule has 2 heterocycles. The summed E-state index contributed by atoms with van der Waals surface area (Å²) in [5.74, 6) is 1.48. The lowest BCUT2D eigenvalue weighted by atomic mass is 10.1. The molecule has 6 heteroatoms. The monoisotopic (exact) mass is 263 g/mol. The van der Waals surface area contributed by atoms with Crippen LogP contribution in [0, 0.1) is 0 Å². The highest BCUT2D eigenvalue weighted by Gasteiger charge is 2.32. The van der Waals surface area contributed by atoms with Crippen LogP contribution in [-0.4, -0.2) is 36.9 Å². The second-order valence-corrected chi connectivity index (χ2v) is 4.85. The lowest BCUT2D eigenvalue weighted by molar-refractivity contribution is 0.174. The summed E-state index contributed by atoms with van der Waals surface area (Å²) >= 11 is 0. The van der Waals surface area contributed by atoms with Crippen molar-refractivity contribution < 1.29 is 14.3 Å². The van der Waals surface area contributed by atoms with Gasteiger partial charge < -0.3 is 25.4 Å². The van der Waals surface area contributed by atoms with Gasteiger partial charge in [-0.05, 0) is 24.6 Å². The Labute approximate surface area is 111 Å². The maximum atomic E-state index is 11.9. The average molecular weight is 263 g/mol. The molecule has 0 aromatic heterocycles. The van der Waals surface area contributed by atoms with Gasteiger partial charge in [0.15, 0.2) is 11.5 Å². The highest BCUT2D eigenvalue weighted by atomic mass is 16.7. The molecule has 2 aliphatic heterocycles. The normalized spacial score (nSPS) is 22.5. The van der Waals surface area contributed by atoms with E-state index in [0.717, 1.165) is 17.1 Å². The van der Waals surface area contributed by atoms with E-state index in [0.29, 0.717) is 13.1 Å². The topological polar surface area (TPSA) is 76.8 Å². The summed E-state index contributed by atoms with van der Waals surface area (Å²) in [5.41, 5.74) is 6.63. The molecule has 6 nitrogen and oxygen atoms in total. The van der Waals surface area contributed by atoms with Crippen LogP contribution in [0.15, 0.2) is 18.2 Å². The molecule has 102 valence electrons. The number of nitrogens with zero attached hydrogens (tertiary/aromatic N) is 1. The summed E-state index contributed by atoms with van der Waals surface area (Å²) < 4.78 is 10.6. The maximum Gasteiger partial charge on any atom is 0.318 e. The molecule has 0 spiro atoms. The molecule has 3 N–H and O–H groups in total. The average Bonchev–Trinajstić information content (AvgIpc) is 3.03. The van der Waals surface area contributed by atoms with Gasteiger partial charge in [0.25, 0.3) is 0 Å². The van der Waals surface area contributed by atoms with Gasteiger partial charge in [0.2, 0.25) is 6.79 Å². The van der Waals surface area contributed by atoms with E-state index in [-0.39, 0.29) is 24.9 Å². The van der Waals surface area contributed by atoms with Crippen molar-refractivity contribution >= 4 is 6.03 Å². The minimum absolute atomic E-state index is 0.0315. The van der Waals surface area contributed by atoms with Gasteiger partial charge in [0.05, 0.1) is 6.04 Å². The van der Waals surface area contributed by atoms with Crippen molar-refractivity contribution in [3.05, 3.63) is 23.8 Å². The number of nitrogens with two attached hydrogens (primary N) is 1. The lowest BCUT2D eigenvalue weighted by Gasteiger charge is -2.21. The van der Waals surface area contributed by atoms with E-state index in [4.69, 9.17) is 15.2 Å². The third-order valence-electron chi connectivity index (χ3n) is 3.61. The Kier molecular flexibility index (Phi) is 2.94. The molecule has 0 aliphatic carbocycles. The molecule has 2 unspecified atom stereocenters. The van der Waals surface area contributed by atoms with Crippen LogP contribution in [-0.2, 0) is 0 Å². The smallest absolute Gasteiger partial charge is 0.318 e. The zero-order valence-corrected chi connectivity index (χ0v) is 10.8. The van der Waals surface area contributed by atoms with Crippen molar-refractivity contribution in [2.45, 2.75) is 19.0 Å². The second kappa shape index (κ2) is 4.62. The van der Waals surface area contributed by atoms with Crippen molar-refractivity contribution in [1.82, 2.24) is 10.2 Å². The van der Waals surface area contributed by atoms with Crippen LogP contribution in [0.3, 0.4) is 0 Å². The van der Waals surface area contributed by atoms with Crippen molar-refractivity contribution in [3.63, 3.8) is 0 Å². The number of hydrogen-bond donors (Lipinski definition) is 2. The Balaban J connectivity index is 1.79. The number of ether oxygens (including phenoxy) is 2. The molecule has 2 amide bonds. The first kappa shape index (κ1) is 12.1. The van der Waals surface area contributed by atoms with Gasteiger partial charge in [-0.15, -0.1) is 0 Å². The fourth-order valence-corrected chi connectivity index (χ4v) is 2.38. The highest BCUT2D eigenvalue weighted by Crippen LogP contribution is 2.35. The van der Waals surface area contributed by atoms with Crippen LogP contribution in [0.1, 0.15) is 18.5 Å². The second-order valence-electron chi connectivity index (χ2n) is 4.85. The van der Waals surface area contributed by atoms with Gasteiger partial charge in [-0.2, -0.15) is 0 Å². The molecule has 1 fully saturated rings. The molecule has 0 saturated carbocycles. The quantitative estimate of drug-likeness (QED) is 0.846. The molecule has 1 aromatic rings. The van der Waals surface area contributed by atoms with Crippen LogP contribution in [0.5, 0.6) is 11.5 Å². The predicted molar refractivity (Wildman–Crippen MR) is 69.1 cm³/mol. The van der Waals surface area contributed by atoms with Gasteiger partial charge in [-0.1, -0.05) is 6.07 Å². The van der Waals surface area contributed by atoms with E-state index >= 15 is 0 Å². The van der Waals surface area contributed by atoms with E-state index in [1.807, 2.05) is 25.1 Å². The van der Waals surface area contributed by atoms with Gasteiger partial charge >= 0.3 is 6.03 Å². The number of carbonyl (C=O) groups is 1. The third kappa shape index (κ3) is 2.08. The summed E-state index contributed by atoms with van der Waals surface area (Å²) in [6, 6.07) is 5.69. The summed E-state index contributed by atoms with van der Waals surface area (Å²) in [5, 5.41) is 2.96. The lowest BCUT2D eigenvalue weighted by Crippen LogP contribution is -2.40. The Hall–Kier alpha value is -1.95. The van der Waals surface area contributed by atoms with Crippen molar-refractivity contribution in [1.29, 1.82) is 0 Å². The van der Waals surface area contributed by atoms with Crippen LogP contribution < -0.4 is 20.5 Å². The Morgan fingerprint density at radius 2 is 2.26 bits per heavy atom. The number of hydrogen-bond acceptors (Lipinski definition) is 4. The van der Waals surface area contributed by atoms with Crippen molar-refractivity contribution in [2.24, 2.45) is 5.73 Å². The molecule has 2 aliphatic rings. The molecule has 19 heavy (non-hydrogen) atoms. The van der Waals surface area contributed by atoms with Crippen LogP contribution >= 0.6 is 0 Å². The fourth-order valence-electron chi connectivity index (χ4n) is 2.38. The van der Waals surface area contributed by atoms with E-state index in [1.165, 1.54) is 0 Å². The summed E-state index contributed by atoms with van der Waals surface area (Å²) in [4.78, 5) is 13.7. The Morgan fingerprint density at radius 1 is 1.47 bits per heavy atom.